The third-order valence-corrected chi connectivity index (χ3v) is 4.11. The van der Waals surface area contributed by atoms with Crippen LogP contribution >= 0.6 is 0 Å². The average Bonchev–Trinajstić information content (AvgIpc) is 2.26. The number of esters is 1. The molecule has 98 valence electrons. The van der Waals surface area contributed by atoms with Crippen molar-refractivity contribution < 1.29 is 14.3 Å². The van der Waals surface area contributed by atoms with Crippen LogP contribution in [0.4, 0.5) is 0 Å². The maximum absolute atomic E-state index is 11.5. The molecule has 0 N–H and O–H groups in total. The van der Waals surface area contributed by atoms with E-state index < -0.39 is 0 Å². The van der Waals surface area contributed by atoms with Crippen LogP contribution in [0.3, 0.4) is 0 Å². The first kappa shape index (κ1) is 14.2. The minimum atomic E-state index is -0.219. The molecule has 1 rings (SSSR count). The predicted octanol–water partition coefficient (Wildman–Crippen LogP) is 2.83. The van der Waals surface area contributed by atoms with Crippen LogP contribution < -0.4 is 0 Å². The molecule has 0 aromatic carbocycles. The lowest BCUT2D eigenvalue weighted by Crippen LogP contribution is -2.32. The number of carbonyl (C=O) groups excluding carboxylic acids is 2. The maximum atomic E-state index is 11.5. The summed E-state index contributed by atoms with van der Waals surface area (Å²) in [4.78, 5) is 22.3. The molecular formula is C14H24O3. The molecule has 0 heterocycles. The molecule has 1 aliphatic rings. The molecule has 0 bridgehead atoms. The summed E-state index contributed by atoms with van der Waals surface area (Å²) in [6.07, 6.45) is 3.09. The molecule has 0 radical (unpaired) electrons. The Labute approximate surface area is 104 Å². The number of hydrogen-bond acceptors (Lipinski definition) is 3. The summed E-state index contributed by atoms with van der Waals surface area (Å²) in [6.45, 7) is 7.97. The van der Waals surface area contributed by atoms with Crippen LogP contribution in [0.5, 0.6) is 0 Å². The second kappa shape index (κ2) is 6.18. The highest BCUT2D eigenvalue weighted by Gasteiger charge is 2.33. The highest BCUT2D eigenvalue weighted by atomic mass is 16.5. The van der Waals surface area contributed by atoms with Gasteiger partial charge in [0.25, 0.3) is 0 Å². The molecule has 3 heteroatoms. The number of Topliss-reactive ketones (excluding diaryl/α,β-unsaturated/α-hetero) is 1. The van der Waals surface area contributed by atoms with Crippen LogP contribution in [0, 0.1) is 23.7 Å². The summed E-state index contributed by atoms with van der Waals surface area (Å²) in [5.74, 6) is 1.77. The lowest BCUT2D eigenvalue weighted by Gasteiger charge is -2.36. The summed E-state index contributed by atoms with van der Waals surface area (Å²) in [5, 5.41) is 0. The van der Waals surface area contributed by atoms with Gasteiger partial charge in [-0.15, -0.1) is 0 Å². The van der Waals surface area contributed by atoms with Crippen LogP contribution in [0.25, 0.3) is 0 Å². The van der Waals surface area contributed by atoms with Gasteiger partial charge in [0, 0.05) is 12.8 Å². The molecule has 3 nitrogen and oxygen atoms in total. The lowest BCUT2D eigenvalue weighted by atomic mass is 9.69. The molecule has 4 atom stereocenters. The molecular weight excluding hydrogens is 216 g/mol. The Morgan fingerprint density at radius 2 is 1.94 bits per heavy atom. The standard InChI is InChI=1S/C14H24O3/c1-9-5-6-13(11(3)15)7-14(9)10(2)8-17-12(4)16/h9-10,13-14H,5-8H2,1-4H3/t9-,10?,13-,14+/m1/s1. The number of ether oxygens (including phenoxy) is 1. The molecule has 0 saturated heterocycles. The Morgan fingerprint density at radius 3 is 2.47 bits per heavy atom. The van der Waals surface area contributed by atoms with E-state index in [1.807, 2.05) is 0 Å². The summed E-state index contributed by atoms with van der Waals surface area (Å²) in [5.41, 5.74) is 0. The minimum Gasteiger partial charge on any atom is -0.466 e. The fourth-order valence-electron chi connectivity index (χ4n) is 2.89. The van der Waals surface area contributed by atoms with Gasteiger partial charge in [0.1, 0.15) is 5.78 Å². The van der Waals surface area contributed by atoms with E-state index in [0.29, 0.717) is 30.1 Å². The zero-order chi connectivity index (χ0) is 13.0. The molecule has 1 saturated carbocycles. The third kappa shape index (κ3) is 4.14. The van der Waals surface area contributed by atoms with Gasteiger partial charge in [-0.05, 0) is 43.9 Å². The second-order valence-corrected chi connectivity index (χ2v) is 5.54. The highest BCUT2D eigenvalue weighted by Crippen LogP contribution is 2.38. The Kier molecular flexibility index (Phi) is 5.16. The monoisotopic (exact) mass is 240 g/mol. The Balaban J connectivity index is 2.53. The van der Waals surface area contributed by atoms with Gasteiger partial charge in [-0.3, -0.25) is 9.59 Å². The highest BCUT2D eigenvalue weighted by molar-refractivity contribution is 5.78. The van der Waals surface area contributed by atoms with Crippen molar-refractivity contribution in [2.24, 2.45) is 23.7 Å². The molecule has 1 aliphatic carbocycles. The van der Waals surface area contributed by atoms with Gasteiger partial charge in [0.15, 0.2) is 0 Å². The minimum absolute atomic E-state index is 0.218. The van der Waals surface area contributed by atoms with Gasteiger partial charge < -0.3 is 4.74 Å². The SMILES string of the molecule is CC(=O)OCC(C)[C@H]1C[C@H](C(C)=O)CC[C@H]1C. The van der Waals surface area contributed by atoms with E-state index in [4.69, 9.17) is 4.74 Å². The normalized spacial score (nSPS) is 30.7. The van der Waals surface area contributed by atoms with Crippen molar-refractivity contribution in [1.29, 1.82) is 0 Å². The van der Waals surface area contributed by atoms with Crippen LogP contribution in [-0.4, -0.2) is 18.4 Å². The molecule has 1 fully saturated rings. The number of carbonyl (C=O) groups is 2. The molecule has 0 spiro atoms. The summed E-state index contributed by atoms with van der Waals surface area (Å²) >= 11 is 0. The van der Waals surface area contributed by atoms with E-state index in [0.717, 1.165) is 19.3 Å². The van der Waals surface area contributed by atoms with Gasteiger partial charge in [-0.2, -0.15) is 0 Å². The van der Waals surface area contributed by atoms with Crippen LogP contribution in [0.2, 0.25) is 0 Å². The van der Waals surface area contributed by atoms with E-state index >= 15 is 0 Å². The van der Waals surface area contributed by atoms with Crippen molar-refractivity contribution in [2.75, 3.05) is 6.61 Å². The predicted molar refractivity (Wildman–Crippen MR) is 66.5 cm³/mol. The van der Waals surface area contributed by atoms with Gasteiger partial charge >= 0.3 is 5.97 Å². The van der Waals surface area contributed by atoms with E-state index in [9.17, 15) is 9.59 Å². The number of hydrogen-bond donors (Lipinski definition) is 0. The number of ketones is 1. The average molecular weight is 240 g/mol. The van der Waals surface area contributed by atoms with E-state index in [-0.39, 0.29) is 11.9 Å². The van der Waals surface area contributed by atoms with Crippen LogP contribution in [-0.2, 0) is 14.3 Å². The van der Waals surface area contributed by atoms with Crippen molar-refractivity contribution in [3.63, 3.8) is 0 Å². The fraction of sp³-hybridized carbons (Fsp3) is 0.857. The van der Waals surface area contributed by atoms with Gasteiger partial charge in [-0.25, -0.2) is 0 Å². The quantitative estimate of drug-likeness (QED) is 0.710. The van der Waals surface area contributed by atoms with Crippen molar-refractivity contribution in [2.45, 2.75) is 47.0 Å². The van der Waals surface area contributed by atoms with Crippen molar-refractivity contribution in [1.82, 2.24) is 0 Å². The first-order valence-electron chi connectivity index (χ1n) is 6.55. The van der Waals surface area contributed by atoms with Gasteiger partial charge in [0.05, 0.1) is 6.61 Å². The van der Waals surface area contributed by atoms with Gasteiger partial charge in [-0.1, -0.05) is 13.8 Å². The van der Waals surface area contributed by atoms with E-state index in [1.165, 1.54) is 6.92 Å². The van der Waals surface area contributed by atoms with Crippen LogP contribution in [0.15, 0.2) is 0 Å². The first-order chi connectivity index (χ1) is 7.91. The summed E-state index contributed by atoms with van der Waals surface area (Å²) in [7, 11) is 0. The largest absolute Gasteiger partial charge is 0.466 e. The molecule has 0 aromatic rings. The number of rotatable bonds is 4. The Morgan fingerprint density at radius 1 is 1.29 bits per heavy atom. The fourth-order valence-corrected chi connectivity index (χ4v) is 2.89. The molecule has 0 aliphatic heterocycles. The van der Waals surface area contributed by atoms with Gasteiger partial charge in [0.2, 0.25) is 0 Å². The van der Waals surface area contributed by atoms with E-state index in [2.05, 4.69) is 13.8 Å². The van der Waals surface area contributed by atoms with E-state index in [1.54, 1.807) is 6.92 Å². The lowest BCUT2D eigenvalue weighted by molar-refractivity contribution is -0.143. The van der Waals surface area contributed by atoms with Crippen LogP contribution in [0.1, 0.15) is 47.0 Å². The molecule has 0 aromatic heterocycles. The van der Waals surface area contributed by atoms with Crippen molar-refractivity contribution >= 4 is 11.8 Å². The molecule has 0 amide bonds. The second-order valence-electron chi connectivity index (χ2n) is 5.54. The first-order valence-corrected chi connectivity index (χ1v) is 6.55. The topological polar surface area (TPSA) is 43.4 Å². The summed E-state index contributed by atoms with van der Waals surface area (Å²) < 4.78 is 5.08. The Bertz CT molecular complexity index is 285. The molecule has 17 heavy (non-hydrogen) atoms. The smallest absolute Gasteiger partial charge is 0.302 e. The zero-order valence-electron chi connectivity index (χ0n) is 11.4. The maximum Gasteiger partial charge on any atom is 0.302 e. The van der Waals surface area contributed by atoms with Crippen molar-refractivity contribution in [3.8, 4) is 0 Å². The summed E-state index contributed by atoms with van der Waals surface area (Å²) in [6, 6.07) is 0. The zero-order valence-corrected chi connectivity index (χ0v) is 11.4. The van der Waals surface area contributed by atoms with Crippen molar-refractivity contribution in [3.05, 3.63) is 0 Å². The molecule has 1 unspecified atom stereocenters. The Hall–Kier alpha value is -0.860. The third-order valence-electron chi connectivity index (χ3n) is 4.11.